The number of hydrogen-bond acceptors (Lipinski definition) is 3. The molecule has 1 aromatic carbocycles. The number of carbonyl (C=O) groups is 1. The zero-order valence-electron chi connectivity index (χ0n) is 15.4. The molecule has 0 fully saturated rings. The molecule has 0 saturated heterocycles. The summed E-state index contributed by atoms with van der Waals surface area (Å²) in [5.74, 6) is 0.692. The van der Waals surface area contributed by atoms with Crippen LogP contribution in [0.2, 0.25) is 0 Å². The van der Waals surface area contributed by atoms with Gasteiger partial charge < -0.3 is 15.6 Å². The highest BCUT2D eigenvalue weighted by atomic mass is 16.1. The van der Waals surface area contributed by atoms with Crippen LogP contribution in [0.1, 0.15) is 32.3 Å². The second kappa shape index (κ2) is 8.52. The summed E-state index contributed by atoms with van der Waals surface area (Å²) in [6.07, 6.45) is 6.45. The maximum atomic E-state index is 12.1. The number of amides is 1. The van der Waals surface area contributed by atoms with Gasteiger partial charge in [-0.3, -0.25) is 4.79 Å². The predicted molar refractivity (Wildman–Crippen MR) is 107 cm³/mol. The van der Waals surface area contributed by atoms with Crippen LogP contribution in [-0.2, 0) is 11.2 Å². The lowest BCUT2D eigenvalue weighted by molar-refractivity contribution is -0.120. The number of nitrogens with one attached hydrogen (secondary N) is 3. The predicted octanol–water partition coefficient (Wildman–Crippen LogP) is 4.59. The van der Waals surface area contributed by atoms with Gasteiger partial charge >= 0.3 is 0 Å². The van der Waals surface area contributed by atoms with Crippen molar-refractivity contribution >= 4 is 28.3 Å². The lowest BCUT2D eigenvalue weighted by atomic mass is 10.0. The molecule has 2 heterocycles. The lowest BCUT2D eigenvalue weighted by Crippen LogP contribution is -2.22. The maximum Gasteiger partial charge on any atom is 0.228 e. The molecule has 1 amide bonds. The normalized spacial score (nSPS) is 11.0. The molecule has 0 aliphatic rings. The molecule has 0 spiro atoms. The number of nitrogens with zero attached hydrogens (tertiary/aromatic N) is 1. The zero-order chi connectivity index (χ0) is 18.4. The number of carbonyl (C=O) groups excluding carboxylic acids is 1. The van der Waals surface area contributed by atoms with E-state index in [9.17, 15) is 4.79 Å². The van der Waals surface area contributed by atoms with Crippen molar-refractivity contribution < 1.29 is 4.79 Å². The van der Waals surface area contributed by atoms with Crippen molar-refractivity contribution in [3.63, 3.8) is 0 Å². The maximum absolute atomic E-state index is 12.1. The highest BCUT2D eigenvalue weighted by Gasteiger charge is 2.14. The van der Waals surface area contributed by atoms with E-state index in [1.807, 2.05) is 32.0 Å². The first-order chi connectivity index (χ1) is 12.7. The Kier molecular flexibility index (Phi) is 5.89. The summed E-state index contributed by atoms with van der Waals surface area (Å²) in [5, 5.41) is 7.54. The number of fused-ring (bicyclic) bond motifs is 1. The molecule has 0 aliphatic heterocycles. The number of hydrogen-bond donors (Lipinski definition) is 3. The highest BCUT2D eigenvalue weighted by molar-refractivity contribution is 5.91. The van der Waals surface area contributed by atoms with Gasteiger partial charge in [-0.05, 0) is 43.0 Å². The molecular weight excluding hydrogens is 324 g/mol. The van der Waals surface area contributed by atoms with E-state index < -0.39 is 0 Å². The van der Waals surface area contributed by atoms with E-state index in [1.54, 1.807) is 6.20 Å². The first-order valence-corrected chi connectivity index (χ1v) is 9.27. The summed E-state index contributed by atoms with van der Waals surface area (Å²) in [7, 11) is 0. The molecule has 3 aromatic rings. The number of aromatic nitrogens is 2. The number of H-pyrrole nitrogens is 1. The van der Waals surface area contributed by atoms with E-state index in [2.05, 4.69) is 45.0 Å². The summed E-state index contributed by atoms with van der Waals surface area (Å²) in [4.78, 5) is 19.7. The van der Waals surface area contributed by atoms with E-state index in [1.165, 1.54) is 16.5 Å². The van der Waals surface area contributed by atoms with Crippen molar-refractivity contribution in [2.45, 2.75) is 33.1 Å². The number of pyridine rings is 1. The minimum absolute atomic E-state index is 0.0440. The zero-order valence-corrected chi connectivity index (χ0v) is 15.4. The van der Waals surface area contributed by atoms with E-state index in [-0.39, 0.29) is 11.8 Å². The molecule has 0 unspecified atom stereocenters. The van der Waals surface area contributed by atoms with E-state index in [0.717, 1.165) is 31.5 Å². The smallest absolute Gasteiger partial charge is 0.228 e. The molecule has 2 aromatic heterocycles. The van der Waals surface area contributed by atoms with Gasteiger partial charge in [-0.2, -0.15) is 0 Å². The van der Waals surface area contributed by atoms with Crippen molar-refractivity contribution in [2.24, 2.45) is 5.92 Å². The number of benzene rings is 1. The quantitative estimate of drug-likeness (QED) is 0.556. The largest absolute Gasteiger partial charge is 0.383 e. The van der Waals surface area contributed by atoms with Crippen LogP contribution in [0.4, 0.5) is 11.5 Å². The van der Waals surface area contributed by atoms with Gasteiger partial charge in [-0.15, -0.1) is 0 Å². The van der Waals surface area contributed by atoms with Crippen LogP contribution in [0.3, 0.4) is 0 Å². The molecule has 0 saturated carbocycles. The van der Waals surface area contributed by atoms with Gasteiger partial charge in [0.15, 0.2) is 0 Å². The van der Waals surface area contributed by atoms with E-state index in [4.69, 9.17) is 0 Å². The fraction of sp³-hybridized carbons (Fsp3) is 0.333. The average molecular weight is 350 g/mol. The second-order valence-electron chi connectivity index (χ2n) is 6.47. The first kappa shape index (κ1) is 18.0. The summed E-state index contributed by atoms with van der Waals surface area (Å²) < 4.78 is 0. The number of aromatic amines is 1. The van der Waals surface area contributed by atoms with Gasteiger partial charge in [0.1, 0.15) is 5.82 Å². The Labute approximate surface area is 154 Å². The summed E-state index contributed by atoms with van der Waals surface area (Å²) >= 11 is 0. The van der Waals surface area contributed by atoms with Gasteiger partial charge in [0, 0.05) is 29.6 Å². The van der Waals surface area contributed by atoms with E-state index in [0.29, 0.717) is 5.82 Å². The average Bonchev–Trinajstić information content (AvgIpc) is 3.07. The molecule has 3 rings (SSSR count). The van der Waals surface area contributed by atoms with Crippen LogP contribution in [0.25, 0.3) is 10.9 Å². The van der Waals surface area contributed by atoms with Crippen LogP contribution in [0.15, 0.2) is 48.8 Å². The molecule has 0 bridgehead atoms. The lowest BCUT2D eigenvalue weighted by Gasteiger charge is -2.12. The van der Waals surface area contributed by atoms with Crippen molar-refractivity contribution in [2.75, 3.05) is 17.2 Å². The number of anilines is 2. The third-order valence-electron chi connectivity index (χ3n) is 4.77. The molecule has 0 aliphatic carbocycles. The summed E-state index contributed by atoms with van der Waals surface area (Å²) in [6, 6.07) is 12.1. The van der Waals surface area contributed by atoms with Gasteiger partial charge in [-0.1, -0.05) is 32.0 Å². The Morgan fingerprint density at radius 1 is 1.15 bits per heavy atom. The molecule has 136 valence electrons. The van der Waals surface area contributed by atoms with Gasteiger partial charge in [-0.25, -0.2) is 4.98 Å². The number of para-hydroxylation sites is 1. The second-order valence-corrected chi connectivity index (χ2v) is 6.47. The Morgan fingerprint density at radius 2 is 1.96 bits per heavy atom. The number of rotatable bonds is 8. The van der Waals surface area contributed by atoms with Crippen molar-refractivity contribution in [1.82, 2.24) is 9.97 Å². The highest BCUT2D eigenvalue weighted by Crippen LogP contribution is 2.18. The molecule has 0 radical (unpaired) electrons. The molecule has 0 atom stereocenters. The Hall–Kier alpha value is -2.82. The molecule has 5 heteroatoms. The standard InChI is InChI=1S/C21H26N4O/c1-3-15(4-2)21(26)25-20-10-9-17(14-24-20)22-12-11-16-13-23-19-8-6-5-7-18(16)19/h5-10,13-15,22-23H,3-4,11-12H2,1-2H3,(H,24,25,26). The van der Waals surface area contributed by atoms with Crippen LogP contribution in [-0.4, -0.2) is 22.4 Å². The Bertz CT molecular complexity index is 850. The van der Waals surface area contributed by atoms with Crippen molar-refractivity contribution in [3.8, 4) is 0 Å². The van der Waals surface area contributed by atoms with Crippen LogP contribution >= 0.6 is 0 Å². The summed E-state index contributed by atoms with van der Waals surface area (Å²) in [5.41, 5.74) is 3.42. The SMILES string of the molecule is CCC(CC)C(=O)Nc1ccc(NCCc2c[nH]c3ccccc23)cn1. The van der Waals surface area contributed by atoms with Crippen LogP contribution in [0, 0.1) is 5.92 Å². The van der Waals surface area contributed by atoms with Gasteiger partial charge in [0.05, 0.1) is 11.9 Å². The van der Waals surface area contributed by atoms with Gasteiger partial charge in [0.2, 0.25) is 5.91 Å². The van der Waals surface area contributed by atoms with Crippen LogP contribution in [0.5, 0.6) is 0 Å². The molecule has 3 N–H and O–H groups in total. The minimum atomic E-state index is 0.0440. The van der Waals surface area contributed by atoms with Crippen molar-refractivity contribution in [3.05, 3.63) is 54.4 Å². The molecule has 5 nitrogen and oxygen atoms in total. The summed E-state index contributed by atoms with van der Waals surface area (Å²) in [6.45, 7) is 4.88. The molecular formula is C21H26N4O. The van der Waals surface area contributed by atoms with Crippen molar-refractivity contribution in [1.29, 1.82) is 0 Å². The molecule has 26 heavy (non-hydrogen) atoms. The Morgan fingerprint density at radius 3 is 2.69 bits per heavy atom. The Balaban J connectivity index is 1.52. The fourth-order valence-electron chi connectivity index (χ4n) is 3.14. The minimum Gasteiger partial charge on any atom is -0.383 e. The third kappa shape index (κ3) is 4.23. The topological polar surface area (TPSA) is 69.8 Å². The monoisotopic (exact) mass is 350 g/mol. The van der Waals surface area contributed by atoms with Gasteiger partial charge in [0.25, 0.3) is 0 Å². The van der Waals surface area contributed by atoms with Crippen LogP contribution < -0.4 is 10.6 Å². The fourth-order valence-corrected chi connectivity index (χ4v) is 3.14. The third-order valence-corrected chi connectivity index (χ3v) is 4.77. The van der Waals surface area contributed by atoms with E-state index >= 15 is 0 Å². The first-order valence-electron chi connectivity index (χ1n) is 9.27.